The van der Waals surface area contributed by atoms with E-state index in [0.29, 0.717) is 16.9 Å². The molecule has 1 aromatic heterocycles. The maximum atomic E-state index is 13.0. The third-order valence-corrected chi connectivity index (χ3v) is 3.83. The van der Waals surface area contributed by atoms with E-state index >= 15 is 0 Å². The highest BCUT2D eigenvalue weighted by Gasteiger charge is 2.16. The van der Waals surface area contributed by atoms with Gasteiger partial charge >= 0.3 is 5.97 Å². The van der Waals surface area contributed by atoms with Crippen LogP contribution in [0.1, 0.15) is 21.6 Å². The molecule has 3 aromatic rings. The van der Waals surface area contributed by atoms with Crippen LogP contribution in [-0.2, 0) is 11.3 Å². The van der Waals surface area contributed by atoms with Crippen LogP contribution in [0.15, 0.2) is 54.7 Å². The van der Waals surface area contributed by atoms with Crippen LogP contribution in [0.4, 0.5) is 4.39 Å². The Kier molecular flexibility index (Phi) is 4.79. The van der Waals surface area contributed by atoms with Gasteiger partial charge < -0.3 is 9.47 Å². The summed E-state index contributed by atoms with van der Waals surface area (Å²) in [5, 5.41) is 4.19. The van der Waals surface area contributed by atoms with Gasteiger partial charge in [0, 0.05) is 0 Å². The zero-order valence-corrected chi connectivity index (χ0v) is 13.9. The number of benzene rings is 2. The molecule has 6 heteroatoms. The number of halogens is 1. The number of rotatable bonds is 5. The highest BCUT2D eigenvalue weighted by Crippen LogP contribution is 2.17. The molecule has 0 fully saturated rings. The van der Waals surface area contributed by atoms with E-state index in [1.165, 1.54) is 18.3 Å². The average Bonchev–Trinajstić information content (AvgIpc) is 3.02. The molecule has 3 rings (SSSR count). The Bertz CT molecular complexity index is 871. The quantitative estimate of drug-likeness (QED) is 0.665. The maximum absolute atomic E-state index is 13.0. The minimum atomic E-state index is -0.457. The van der Waals surface area contributed by atoms with Crippen molar-refractivity contribution < 1.29 is 18.7 Å². The molecular formula is C19H17FN2O3. The van der Waals surface area contributed by atoms with E-state index in [0.717, 1.165) is 11.3 Å². The molecule has 0 saturated carbocycles. The Balaban J connectivity index is 1.71. The Morgan fingerprint density at radius 3 is 2.44 bits per heavy atom. The lowest BCUT2D eigenvalue weighted by Gasteiger charge is -2.07. The average molecular weight is 340 g/mol. The minimum absolute atomic E-state index is 0.157. The lowest BCUT2D eigenvalue weighted by molar-refractivity contribution is 0.0472. The largest absolute Gasteiger partial charge is 0.497 e. The molecule has 5 nitrogen and oxygen atoms in total. The molecule has 0 radical (unpaired) electrons. The fourth-order valence-electron chi connectivity index (χ4n) is 2.40. The van der Waals surface area contributed by atoms with Crippen molar-refractivity contribution in [2.75, 3.05) is 7.11 Å². The molecule has 0 bridgehead atoms. The maximum Gasteiger partial charge on any atom is 0.341 e. The normalized spacial score (nSPS) is 10.5. The molecule has 128 valence electrons. The molecule has 25 heavy (non-hydrogen) atoms. The summed E-state index contributed by atoms with van der Waals surface area (Å²) < 4.78 is 25.0. The van der Waals surface area contributed by atoms with E-state index < -0.39 is 5.97 Å². The van der Waals surface area contributed by atoms with Crippen molar-refractivity contribution in [3.63, 3.8) is 0 Å². The number of methoxy groups -OCH3 is 1. The second-order valence-electron chi connectivity index (χ2n) is 5.46. The summed E-state index contributed by atoms with van der Waals surface area (Å²) >= 11 is 0. The predicted molar refractivity (Wildman–Crippen MR) is 90.4 cm³/mol. The van der Waals surface area contributed by atoms with Crippen molar-refractivity contribution in [3.8, 4) is 11.4 Å². The third kappa shape index (κ3) is 3.68. The van der Waals surface area contributed by atoms with Crippen LogP contribution in [0, 0.1) is 12.7 Å². The topological polar surface area (TPSA) is 53.4 Å². The van der Waals surface area contributed by atoms with Crippen LogP contribution in [0.25, 0.3) is 5.69 Å². The summed E-state index contributed by atoms with van der Waals surface area (Å²) in [5.74, 6) is -0.0409. The Hall–Kier alpha value is -3.15. The van der Waals surface area contributed by atoms with Crippen LogP contribution in [0.3, 0.4) is 0 Å². The number of carbonyl (C=O) groups excluding carboxylic acids is 1. The van der Waals surface area contributed by atoms with Crippen molar-refractivity contribution in [2.24, 2.45) is 0 Å². The summed E-state index contributed by atoms with van der Waals surface area (Å²) in [5.41, 5.74) is 2.54. The summed E-state index contributed by atoms with van der Waals surface area (Å²) in [4.78, 5) is 12.3. The van der Waals surface area contributed by atoms with E-state index in [2.05, 4.69) is 5.10 Å². The second kappa shape index (κ2) is 7.17. The van der Waals surface area contributed by atoms with Crippen LogP contribution in [0.2, 0.25) is 0 Å². The Labute approximate surface area is 144 Å². The monoisotopic (exact) mass is 340 g/mol. The van der Waals surface area contributed by atoms with Gasteiger partial charge in [-0.2, -0.15) is 5.10 Å². The van der Waals surface area contributed by atoms with Crippen LogP contribution < -0.4 is 4.74 Å². The molecular weight excluding hydrogens is 323 g/mol. The zero-order chi connectivity index (χ0) is 17.8. The van der Waals surface area contributed by atoms with Gasteiger partial charge in [0.05, 0.1) is 24.7 Å². The van der Waals surface area contributed by atoms with E-state index in [4.69, 9.17) is 9.47 Å². The van der Waals surface area contributed by atoms with Gasteiger partial charge in [0.1, 0.15) is 23.7 Å². The molecule has 0 saturated heterocycles. The first kappa shape index (κ1) is 16.7. The zero-order valence-electron chi connectivity index (χ0n) is 13.9. The molecule has 2 aromatic carbocycles. The molecule has 0 spiro atoms. The predicted octanol–water partition coefficient (Wildman–Crippen LogP) is 3.69. The Morgan fingerprint density at radius 2 is 1.80 bits per heavy atom. The molecule has 1 heterocycles. The highest BCUT2D eigenvalue weighted by molar-refractivity contribution is 5.90. The van der Waals surface area contributed by atoms with Gasteiger partial charge in [-0.1, -0.05) is 12.1 Å². The number of carbonyl (C=O) groups is 1. The van der Waals surface area contributed by atoms with Crippen molar-refractivity contribution >= 4 is 5.97 Å². The van der Waals surface area contributed by atoms with Crippen LogP contribution in [0.5, 0.6) is 5.75 Å². The second-order valence-corrected chi connectivity index (χ2v) is 5.46. The van der Waals surface area contributed by atoms with E-state index in [1.54, 1.807) is 43.0 Å². The molecule has 0 N–H and O–H groups in total. The molecule has 0 atom stereocenters. The number of hydrogen-bond acceptors (Lipinski definition) is 4. The lowest BCUT2D eigenvalue weighted by atomic mass is 10.2. The fourth-order valence-corrected chi connectivity index (χ4v) is 2.40. The SMILES string of the molecule is COc1ccc(COC(=O)c2cnn(-c3ccc(F)cc3)c2C)cc1. The first-order valence-electron chi connectivity index (χ1n) is 7.69. The summed E-state index contributed by atoms with van der Waals surface area (Å²) in [6.45, 7) is 1.92. The highest BCUT2D eigenvalue weighted by atomic mass is 19.1. The number of ether oxygens (including phenoxy) is 2. The number of nitrogens with zero attached hydrogens (tertiary/aromatic N) is 2. The van der Waals surface area contributed by atoms with Gasteiger partial charge in [-0.3, -0.25) is 0 Å². The van der Waals surface area contributed by atoms with Gasteiger partial charge in [-0.15, -0.1) is 0 Å². The van der Waals surface area contributed by atoms with Crippen molar-refractivity contribution in [2.45, 2.75) is 13.5 Å². The number of aromatic nitrogens is 2. The van der Waals surface area contributed by atoms with Gasteiger partial charge in [0.25, 0.3) is 0 Å². The van der Waals surface area contributed by atoms with E-state index in [9.17, 15) is 9.18 Å². The van der Waals surface area contributed by atoms with Crippen molar-refractivity contribution in [3.05, 3.63) is 77.4 Å². The summed E-state index contributed by atoms with van der Waals surface area (Å²) in [6, 6.07) is 13.2. The van der Waals surface area contributed by atoms with Gasteiger partial charge in [-0.25, -0.2) is 13.9 Å². The van der Waals surface area contributed by atoms with Gasteiger partial charge in [0.2, 0.25) is 0 Å². The minimum Gasteiger partial charge on any atom is -0.497 e. The third-order valence-electron chi connectivity index (χ3n) is 3.83. The summed E-state index contributed by atoms with van der Waals surface area (Å²) in [7, 11) is 1.59. The van der Waals surface area contributed by atoms with E-state index in [1.807, 2.05) is 12.1 Å². The Morgan fingerprint density at radius 1 is 1.12 bits per heavy atom. The van der Waals surface area contributed by atoms with Crippen LogP contribution in [-0.4, -0.2) is 22.9 Å². The van der Waals surface area contributed by atoms with Crippen molar-refractivity contribution in [1.82, 2.24) is 9.78 Å². The van der Waals surface area contributed by atoms with Crippen molar-refractivity contribution in [1.29, 1.82) is 0 Å². The van der Waals surface area contributed by atoms with Crippen LogP contribution >= 0.6 is 0 Å². The first-order valence-corrected chi connectivity index (χ1v) is 7.69. The molecule has 0 aliphatic carbocycles. The molecule has 0 amide bonds. The lowest BCUT2D eigenvalue weighted by Crippen LogP contribution is -2.07. The first-order chi connectivity index (χ1) is 12.1. The standard InChI is InChI=1S/C19H17FN2O3/c1-13-18(11-21-22(13)16-7-5-15(20)6-8-16)19(23)25-12-14-3-9-17(24-2)10-4-14/h3-11H,12H2,1-2H3. The number of hydrogen-bond donors (Lipinski definition) is 0. The fraction of sp³-hybridized carbons (Fsp3) is 0.158. The molecule has 0 unspecified atom stereocenters. The molecule has 0 aliphatic heterocycles. The summed E-state index contributed by atoms with van der Waals surface area (Å²) in [6.07, 6.45) is 1.45. The number of esters is 1. The van der Waals surface area contributed by atoms with Gasteiger partial charge in [0.15, 0.2) is 0 Å². The molecule has 0 aliphatic rings. The van der Waals surface area contributed by atoms with E-state index in [-0.39, 0.29) is 12.4 Å². The smallest absolute Gasteiger partial charge is 0.341 e. The van der Waals surface area contributed by atoms with Gasteiger partial charge in [-0.05, 0) is 48.9 Å².